The second-order valence-electron chi connectivity index (χ2n) is 10.5. The summed E-state index contributed by atoms with van der Waals surface area (Å²) in [5.74, 6) is -1.98. The maximum absolute atomic E-state index is 15.9. The van der Waals surface area contributed by atoms with Gasteiger partial charge in [-0.05, 0) is 66.2 Å². The van der Waals surface area contributed by atoms with E-state index in [0.29, 0.717) is 28.8 Å². The summed E-state index contributed by atoms with van der Waals surface area (Å²) >= 11 is 0. The van der Waals surface area contributed by atoms with Gasteiger partial charge in [-0.1, -0.05) is 84.9 Å². The number of fused-ring (bicyclic) bond motifs is 1. The Morgan fingerprint density at radius 1 is 0.833 bits per heavy atom. The van der Waals surface area contributed by atoms with Gasteiger partial charge in [-0.15, -0.1) is 13.2 Å². The van der Waals surface area contributed by atoms with Gasteiger partial charge in [-0.25, -0.2) is 4.98 Å². The Balaban J connectivity index is 1.70. The lowest BCUT2D eigenvalue weighted by molar-refractivity contribution is -0.274. The molecule has 0 saturated heterocycles. The van der Waals surface area contributed by atoms with Crippen molar-refractivity contribution in [3.63, 3.8) is 0 Å². The lowest BCUT2D eigenvalue weighted by Gasteiger charge is -2.39. The molecular formula is C34H30F4N2O2. The molecule has 1 N–H and O–H groups in total. The Bertz CT molecular complexity index is 1650. The van der Waals surface area contributed by atoms with Crippen molar-refractivity contribution in [2.45, 2.75) is 24.3 Å². The van der Waals surface area contributed by atoms with Crippen LogP contribution in [0.5, 0.6) is 5.75 Å². The fourth-order valence-electron chi connectivity index (χ4n) is 5.46. The van der Waals surface area contributed by atoms with E-state index in [-0.39, 0.29) is 17.7 Å². The van der Waals surface area contributed by atoms with Crippen LogP contribution in [-0.2, 0) is 5.60 Å². The summed E-state index contributed by atoms with van der Waals surface area (Å²) in [5, 5.41) is 14.7. The maximum atomic E-state index is 15.9. The summed E-state index contributed by atoms with van der Waals surface area (Å²) in [6.07, 6.45) is -3.20. The normalized spacial score (nSPS) is 14.1. The molecule has 8 heteroatoms. The highest BCUT2D eigenvalue weighted by Crippen LogP contribution is 2.47. The van der Waals surface area contributed by atoms with Crippen LogP contribution < -0.4 is 4.74 Å². The molecule has 2 unspecified atom stereocenters. The summed E-state index contributed by atoms with van der Waals surface area (Å²) in [6.45, 7) is 0.512. The SMILES string of the molecule is CN(C)CCC(O)(c1cccc2ccccc12)C(c1ccccc1)c1cc(-c2ccc(OC(F)(F)F)cc2)cnc1F. The minimum atomic E-state index is -4.81. The van der Waals surface area contributed by atoms with Crippen molar-refractivity contribution in [1.29, 1.82) is 0 Å². The summed E-state index contributed by atoms with van der Waals surface area (Å²) < 4.78 is 57.9. The number of aromatic nitrogens is 1. The number of hydrogen-bond acceptors (Lipinski definition) is 4. The molecule has 0 bridgehead atoms. The van der Waals surface area contributed by atoms with Gasteiger partial charge in [-0.3, -0.25) is 0 Å². The molecule has 0 aliphatic heterocycles. The Hall–Kier alpha value is -4.27. The van der Waals surface area contributed by atoms with Crippen molar-refractivity contribution < 1.29 is 27.4 Å². The number of hydrogen-bond donors (Lipinski definition) is 1. The highest BCUT2D eigenvalue weighted by Gasteiger charge is 2.43. The standard InChI is InChI=1S/C34H30F4N2O2/c1-40(2)20-19-33(41,30-14-8-12-24-9-6-7-13-28(24)30)31(25-10-4-3-5-11-25)29-21-26(22-39-32(29)35)23-15-17-27(18-16-23)42-34(36,37)38/h3-18,21-22,31,41H,19-20H2,1-2H3. The van der Waals surface area contributed by atoms with E-state index >= 15 is 4.39 Å². The minimum absolute atomic E-state index is 0.170. The third-order valence-electron chi connectivity index (χ3n) is 7.41. The molecule has 0 spiro atoms. The summed E-state index contributed by atoms with van der Waals surface area (Å²) in [4.78, 5) is 6.02. The molecule has 0 amide bonds. The third-order valence-corrected chi connectivity index (χ3v) is 7.41. The van der Waals surface area contributed by atoms with Crippen LogP contribution in [0.3, 0.4) is 0 Å². The van der Waals surface area contributed by atoms with Crippen molar-refractivity contribution in [2.75, 3.05) is 20.6 Å². The zero-order valence-electron chi connectivity index (χ0n) is 23.1. The highest BCUT2D eigenvalue weighted by molar-refractivity contribution is 5.86. The van der Waals surface area contributed by atoms with Gasteiger partial charge < -0.3 is 14.7 Å². The van der Waals surface area contributed by atoms with Gasteiger partial charge in [0.25, 0.3) is 0 Å². The van der Waals surface area contributed by atoms with Gasteiger partial charge in [-0.2, -0.15) is 4.39 Å². The molecule has 0 aliphatic rings. The molecule has 4 aromatic carbocycles. The highest BCUT2D eigenvalue weighted by atomic mass is 19.4. The second kappa shape index (κ2) is 11.9. The average Bonchev–Trinajstić information content (AvgIpc) is 2.97. The smallest absolute Gasteiger partial charge is 0.406 e. The molecule has 5 rings (SSSR count). The molecular weight excluding hydrogens is 544 g/mol. The van der Waals surface area contributed by atoms with Crippen LogP contribution in [0.25, 0.3) is 21.9 Å². The zero-order valence-corrected chi connectivity index (χ0v) is 23.1. The molecule has 0 radical (unpaired) electrons. The van der Waals surface area contributed by atoms with Crippen LogP contribution in [0.2, 0.25) is 0 Å². The Morgan fingerprint density at radius 3 is 2.19 bits per heavy atom. The van der Waals surface area contributed by atoms with E-state index in [2.05, 4.69) is 9.72 Å². The predicted molar refractivity (Wildman–Crippen MR) is 156 cm³/mol. The van der Waals surface area contributed by atoms with Gasteiger partial charge in [0.2, 0.25) is 5.95 Å². The number of aliphatic hydroxyl groups is 1. The minimum Gasteiger partial charge on any atom is -0.406 e. The van der Waals surface area contributed by atoms with Gasteiger partial charge >= 0.3 is 6.36 Å². The van der Waals surface area contributed by atoms with E-state index in [0.717, 1.165) is 10.8 Å². The largest absolute Gasteiger partial charge is 0.573 e. The first-order valence-corrected chi connectivity index (χ1v) is 13.5. The number of nitrogens with zero attached hydrogens (tertiary/aromatic N) is 2. The van der Waals surface area contributed by atoms with Crippen LogP contribution in [0.1, 0.15) is 29.0 Å². The van der Waals surface area contributed by atoms with Crippen LogP contribution in [0.15, 0.2) is 109 Å². The first kappa shape index (κ1) is 29.2. The zero-order chi connectivity index (χ0) is 29.9. The Kier molecular flexibility index (Phi) is 8.29. The molecule has 4 nitrogen and oxygen atoms in total. The number of halogens is 4. The van der Waals surface area contributed by atoms with Crippen molar-refractivity contribution >= 4 is 10.8 Å². The number of pyridine rings is 1. The lowest BCUT2D eigenvalue weighted by Crippen LogP contribution is -2.38. The second-order valence-corrected chi connectivity index (χ2v) is 10.5. The molecule has 2 atom stereocenters. The fraction of sp³-hybridized carbons (Fsp3) is 0.206. The fourth-order valence-corrected chi connectivity index (χ4v) is 5.46. The number of benzene rings is 4. The van der Waals surface area contributed by atoms with Crippen molar-refractivity contribution in [2.24, 2.45) is 0 Å². The van der Waals surface area contributed by atoms with E-state index in [1.165, 1.54) is 30.5 Å². The van der Waals surface area contributed by atoms with Gasteiger partial charge in [0, 0.05) is 29.8 Å². The molecule has 216 valence electrons. The van der Waals surface area contributed by atoms with E-state index in [4.69, 9.17) is 0 Å². The molecule has 0 fully saturated rings. The quantitative estimate of drug-likeness (QED) is 0.144. The van der Waals surface area contributed by atoms with Gasteiger partial charge in [0.05, 0.1) is 0 Å². The first-order valence-electron chi connectivity index (χ1n) is 13.5. The summed E-state index contributed by atoms with van der Waals surface area (Å²) in [5.41, 5.74) is 0.959. The summed E-state index contributed by atoms with van der Waals surface area (Å²) in [7, 11) is 3.83. The third kappa shape index (κ3) is 6.30. The molecule has 42 heavy (non-hydrogen) atoms. The molecule has 1 heterocycles. The molecule has 0 saturated carbocycles. The Labute approximate surface area is 241 Å². The van der Waals surface area contributed by atoms with E-state index in [1.54, 1.807) is 6.07 Å². The number of ether oxygens (including phenoxy) is 1. The van der Waals surface area contributed by atoms with E-state index in [1.807, 2.05) is 91.8 Å². The Morgan fingerprint density at radius 2 is 1.50 bits per heavy atom. The van der Waals surface area contributed by atoms with Crippen molar-refractivity contribution in [3.05, 3.63) is 132 Å². The van der Waals surface area contributed by atoms with Crippen LogP contribution in [-0.4, -0.2) is 42.0 Å². The molecule has 1 aromatic heterocycles. The topological polar surface area (TPSA) is 45.6 Å². The maximum Gasteiger partial charge on any atom is 0.573 e. The average molecular weight is 575 g/mol. The summed E-state index contributed by atoms with van der Waals surface area (Å²) in [6, 6.07) is 29.7. The number of rotatable bonds is 9. The lowest BCUT2D eigenvalue weighted by atomic mass is 9.70. The first-order chi connectivity index (χ1) is 20.0. The van der Waals surface area contributed by atoms with Crippen LogP contribution in [0, 0.1) is 5.95 Å². The van der Waals surface area contributed by atoms with E-state index in [9.17, 15) is 18.3 Å². The van der Waals surface area contributed by atoms with Crippen molar-refractivity contribution in [1.82, 2.24) is 9.88 Å². The van der Waals surface area contributed by atoms with Crippen molar-refractivity contribution in [3.8, 4) is 16.9 Å². The van der Waals surface area contributed by atoms with Crippen LogP contribution in [0.4, 0.5) is 17.6 Å². The van der Waals surface area contributed by atoms with Gasteiger partial charge in [0.1, 0.15) is 11.4 Å². The molecule has 5 aromatic rings. The van der Waals surface area contributed by atoms with E-state index < -0.39 is 23.8 Å². The predicted octanol–water partition coefficient (Wildman–Crippen LogP) is 7.91. The van der Waals surface area contributed by atoms with Crippen LogP contribution >= 0.6 is 0 Å². The van der Waals surface area contributed by atoms with Gasteiger partial charge in [0.15, 0.2) is 0 Å². The number of alkyl halides is 3. The molecule has 0 aliphatic carbocycles. The monoisotopic (exact) mass is 574 g/mol.